The molecule has 1 aliphatic carbocycles. The molecule has 4 rings (SSSR count). The summed E-state index contributed by atoms with van der Waals surface area (Å²) in [6.07, 6.45) is 4.00. The van der Waals surface area contributed by atoms with Gasteiger partial charge in [-0.3, -0.25) is 0 Å². The van der Waals surface area contributed by atoms with Crippen LogP contribution >= 0.6 is 0 Å². The molecule has 2 amide bonds. The van der Waals surface area contributed by atoms with Gasteiger partial charge < -0.3 is 29.6 Å². The Morgan fingerprint density at radius 1 is 1.03 bits per heavy atom. The number of anilines is 1. The Morgan fingerprint density at radius 2 is 1.79 bits per heavy atom. The maximum atomic E-state index is 12.5. The van der Waals surface area contributed by atoms with Gasteiger partial charge in [0.25, 0.3) is 5.79 Å². The van der Waals surface area contributed by atoms with Gasteiger partial charge in [-0.15, -0.1) is 0 Å². The zero-order chi connectivity index (χ0) is 20.4. The number of fused-ring (bicyclic) bond motifs is 1. The molecule has 1 heterocycles. The summed E-state index contributed by atoms with van der Waals surface area (Å²) < 4.78 is 22.8. The Kier molecular flexibility index (Phi) is 5.13. The highest BCUT2D eigenvalue weighted by Gasteiger charge is 2.44. The average Bonchev–Trinajstić information content (AvgIpc) is 3.32. The SMILES string of the molecule is COc1ccc(OC)c(C(C)NC(=O)Nc2ccc3c(c2)OC2(CCCC2)O3)c1. The van der Waals surface area contributed by atoms with Crippen LogP contribution in [0.15, 0.2) is 36.4 Å². The molecule has 0 bridgehead atoms. The maximum absolute atomic E-state index is 12.5. The largest absolute Gasteiger partial charge is 0.497 e. The van der Waals surface area contributed by atoms with Crippen molar-refractivity contribution < 1.29 is 23.7 Å². The molecular weight excluding hydrogens is 372 g/mol. The molecule has 1 fully saturated rings. The smallest absolute Gasteiger partial charge is 0.319 e. The first-order valence-electron chi connectivity index (χ1n) is 9.83. The Hall–Kier alpha value is -3.09. The minimum atomic E-state index is -0.513. The summed E-state index contributed by atoms with van der Waals surface area (Å²) in [5.74, 6) is 2.27. The summed E-state index contributed by atoms with van der Waals surface area (Å²) in [5, 5.41) is 5.79. The molecule has 7 nitrogen and oxygen atoms in total. The monoisotopic (exact) mass is 398 g/mol. The molecule has 1 saturated carbocycles. The molecule has 2 aromatic rings. The number of ether oxygens (including phenoxy) is 4. The maximum Gasteiger partial charge on any atom is 0.319 e. The molecular formula is C22H26N2O5. The van der Waals surface area contributed by atoms with E-state index in [1.807, 2.05) is 37.3 Å². The lowest BCUT2D eigenvalue weighted by atomic mass is 10.1. The number of carbonyl (C=O) groups is 1. The zero-order valence-corrected chi connectivity index (χ0v) is 16.9. The molecule has 0 aromatic heterocycles. The molecule has 7 heteroatoms. The minimum absolute atomic E-state index is 0.282. The van der Waals surface area contributed by atoms with Crippen LogP contribution in [0.5, 0.6) is 23.0 Å². The minimum Gasteiger partial charge on any atom is -0.497 e. The Morgan fingerprint density at radius 3 is 2.52 bits per heavy atom. The van der Waals surface area contributed by atoms with Gasteiger partial charge in [0, 0.05) is 30.2 Å². The molecule has 0 radical (unpaired) electrons. The van der Waals surface area contributed by atoms with Gasteiger partial charge in [-0.1, -0.05) is 0 Å². The lowest BCUT2D eigenvalue weighted by Gasteiger charge is -2.21. The van der Waals surface area contributed by atoms with E-state index in [1.165, 1.54) is 0 Å². The van der Waals surface area contributed by atoms with Gasteiger partial charge in [0.2, 0.25) is 0 Å². The number of benzene rings is 2. The number of methoxy groups -OCH3 is 2. The van der Waals surface area contributed by atoms with Crippen molar-refractivity contribution in [1.82, 2.24) is 5.32 Å². The van der Waals surface area contributed by atoms with Gasteiger partial charge in [-0.25, -0.2) is 4.79 Å². The highest BCUT2D eigenvalue weighted by molar-refractivity contribution is 5.90. The number of carbonyl (C=O) groups excluding carboxylic acids is 1. The van der Waals surface area contributed by atoms with Gasteiger partial charge >= 0.3 is 6.03 Å². The number of hydrogen-bond donors (Lipinski definition) is 2. The van der Waals surface area contributed by atoms with E-state index < -0.39 is 5.79 Å². The van der Waals surface area contributed by atoms with Crippen molar-refractivity contribution in [2.75, 3.05) is 19.5 Å². The van der Waals surface area contributed by atoms with Crippen molar-refractivity contribution >= 4 is 11.7 Å². The van der Waals surface area contributed by atoms with E-state index in [9.17, 15) is 4.79 Å². The second-order valence-corrected chi connectivity index (χ2v) is 7.41. The van der Waals surface area contributed by atoms with Crippen LogP contribution in [0.3, 0.4) is 0 Å². The average molecular weight is 398 g/mol. The van der Waals surface area contributed by atoms with E-state index >= 15 is 0 Å². The number of hydrogen-bond acceptors (Lipinski definition) is 5. The van der Waals surface area contributed by atoms with Crippen molar-refractivity contribution in [2.45, 2.75) is 44.4 Å². The van der Waals surface area contributed by atoms with Gasteiger partial charge in [-0.2, -0.15) is 0 Å². The fourth-order valence-electron chi connectivity index (χ4n) is 3.91. The standard InChI is InChI=1S/C22H26N2O5/c1-14(17-13-16(26-2)7-9-18(17)27-3)23-21(25)24-15-6-8-19-20(12-15)29-22(28-19)10-4-5-11-22/h6-9,12-14H,4-5,10-11H2,1-3H3,(H2,23,24,25). The molecule has 29 heavy (non-hydrogen) atoms. The summed E-state index contributed by atoms with van der Waals surface area (Å²) in [6, 6.07) is 10.3. The highest BCUT2D eigenvalue weighted by Crippen LogP contribution is 2.47. The van der Waals surface area contributed by atoms with Gasteiger partial charge in [0.1, 0.15) is 11.5 Å². The molecule has 0 saturated heterocycles. The van der Waals surface area contributed by atoms with Gasteiger partial charge in [0.05, 0.1) is 20.3 Å². The second-order valence-electron chi connectivity index (χ2n) is 7.41. The zero-order valence-electron chi connectivity index (χ0n) is 16.9. The quantitative estimate of drug-likeness (QED) is 0.768. The van der Waals surface area contributed by atoms with E-state index in [-0.39, 0.29) is 12.1 Å². The first kappa shape index (κ1) is 19.2. The Balaban J connectivity index is 1.42. The molecule has 2 aromatic carbocycles. The van der Waals surface area contributed by atoms with Crippen molar-refractivity contribution in [3.63, 3.8) is 0 Å². The third-order valence-corrected chi connectivity index (χ3v) is 5.41. The van der Waals surface area contributed by atoms with Crippen LogP contribution in [-0.2, 0) is 0 Å². The van der Waals surface area contributed by atoms with Crippen LogP contribution < -0.4 is 29.6 Å². The van der Waals surface area contributed by atoms with Crippen molar-refractivity contribution in [3.05, 3.63) is 42.0 Å². The van der Waals surface area contributed by atoms with E-state index in [0.29, 0.717) is 22.9 Å². The van der Waals surface area contributed by atoms with E-state index in [4.69, 9.17) is 18.9 Å². The number of amides is 2. The van der Waals surface area contributed by atoms with Crippen molar-refractivity contribution in [3.8, 4) is 23.0 Å². The second kappa shape index (κ2) is 7.73. The van der Waals surface area contributed by atoms with Crippen LogP contribution in [-0.4, -0.2) is 26.0 Å². The third-order valence-electron chi connectivity index (χ3n) is 5.41. The summed E-state index contributed by atoms with van der Waals surface area (Å²) in [6.45, 7) is 1.89. The lowest BCUT2D eigenvalue weighted by Crippen LogP contribution is -2.34. The Bertz CT molecular complexity index is 908. The predicted octanol–water partition coefficient (Wildman–Crippen LogP) is 4.63. The number of urea groups is 1. The van der Waals surface area contributed by atoms with Crippen molar-refractivity contribution in [1.29, 1.82) is 0 Å². The van der Waals surface area contributed by atoms with Crippen LogP contribution in [0.25, 0.3) is 0 Å². The lowest BCUT2D eigenvalue weighted by molar-refractivity contribution is -0.0716. The van der Waals surface area contributed by atoms with E-state index in [2.05, 4.69) is 10.6 Å². The summed E-state index contributed by atoms with van der Waals surface area (Å²) in [5.41, 5.74) is 1.47. The fourth-order valence-corrected chi connectivity index (χ4v) is 3.91. The van der Waals surface area contributed by atoms with Crippen LogP contribution in [0, 0.1) is 0 Å². The fraction of sp³-hybridized carbons (Fsp3) is 0.409. The normalized spacial score (nSPS) is 17.1. The van der Waals surface area contributed by atoms with Crippen molar-refractivity contribution in [2.24, 2.45) is 0 Å². The van der Waals surface area contributed by atoms with Crippen LogP contribution in [0.2, 0.25) is 0 Å². The molecule has 1 unspecified atom stereocenters. The summed E-state index contributed by atoms with van der Waals surface area (Å²) >= 11 is 0. The third kappa shape index (κ3) is 3.90. The molecule has 1 spiro atoms. The molecule has 154 valence electrons. The number of rotatable bonds is 5. The highest BCUT2D eigenvalue weighted by atomic mass is 16.7. The molecule has 1 atom stereocenters. The summed E-state index contributed by atoms with van der Waals surface area (Å²) in [4.78, 5) is 12.5. The van der Waals surface area contributed by atoms with E-state index in [0.717, 1.165) is 37.0 Å². The first-order valence-corrected chi connectivity index (χ1v) is 9.83. The van der Waals surface area contributed by atoms with Gasteiger partial charge in [-0.05, 0) is 50.1 Å². The predicted molar refractivity (Wildman–Crippen MR) is 109 cm³/mol. The topological polar surface area (TPSA) is 78.1 Å². The van der Waals surface area contributed by atoms with Gasteiger partial charge in [0.15, 0.2) is 11.5 Å². The molecule has 2 N–H and O–H groups in total. The first-order chi connectivity index (χ1) is 14.0. The van der Waals surface area contributed by atoms with Crippen LogP contribution in [0.1, 0.15) is 44.2 Å². The van der Waals surface area contributed by atoms with E-state index in [1.54, 1.807) is 20.3 Å². The summed E-state index contributed by atoms with van der Waals surface area (Å²) in [7, 11) is 3.20. The van der Waals surface area contributed by atoms with Crippen LogP contribution in [0.4, 0.5) is 10.5 Å². The molecule has 1 aliphatic heterocycles. The molecule has 2 aliphatic rings. The number of nitrogens with one attached hydrogen (secondary N) is 2. The Labute approximate surface area is 170 Å².